The van der Waals surface area contributed by atoms with E-state index in [1.807, 2.05) is 56.3 Å². The van der Waals surface area contributed by atoms with Gasteiger partial charge in [0.05, 0.1) is 11.7 Å². The molecule has 7 heteroatoms. The summed E-state index contributed by atoms with van der Waals surface area (Å²) in [6, 6.07) is 15.0. The number of carbonyl (C=O) groups excluding carboxylic acids is 2. The third kappa shape index (κ3) is 5.74. The normalized spacial score (nSPS) is 20.6. The van der Waals surface area contributed by atoms with Crippen molar-refractivity contribution in [2.45, 2.75) is 81.3 Å². The van der Waals surface area contributed by atoms with Gasteiger partial charge in [-0.2, -0.15) is 0 Å². The van der Waals surface area contributed by atoms with E-state index >= 15 is 0 Å². The highest BCUT2D eigenvalue weighted by Crippen LogP contribution is 2.52. The van der Waals surface area contributed by atoms with Crippen LogP contribution in [0.1, 0.15) is 80.2 Å². The number of thioether (sulfide) groups is 1. The topological polar surface area (TPSA) is 102 Å². The molecule has 0 saturated heterocycles. The molecule has 1 saturated carbocycles. The van der Waals surface area contributed by atoms with Crippen LogP contribution < -0.4 is 15.8 Å². The maximum absolute atomic E-state index is 14.2. The zero-order chi connectivity index (χ0) is 26.6. The number of hydrogen-bond acceptors (Lipinski definition) is 6. The van der Waals surface area contributed by atoms with Crippen molar-refractivity contribution in [3.8, 4) is 5.75 Å². The van der Waals surface area contributed by atoms with Crippen LogP contribution in [0.25, 0.3) is 0 Å². The van der Waals surface area contributed by atoms with Gasteiger partial charge in [0.25, 0.3) is 0 Å². The molecule has 4 atom stereocenters. The van der Waals surface area contributed by atoms with E-state index in [2.05, 4.69) is 5.32 Å². The van der Waals surface area contributed by atoms with Crippen molar-refractivity contribution in [3.05, 3.63) is 59.7 Å². The minimum absolute atomic E-state index is 0.0249. The first-order valence-electron chi connectivity index (χ1n) is 13.5. The SMILES string of the molecule is CNC(=O)[C@](C[C@H](O)[C@@H](N)CC1CCCCC1)(C(=O)c1cccc2c1OC2Sc1ccccc1)C(C)C. The predicted octanol–water partition coefficient (Wildman–Crippen LogP) is 5.49. The molecule has 1 amide bonds. The number of amides is 1. The Bertz CT molecular complexity index is 1090. The summed E-state index contributed by atoms with van der Waals surface area (Å²) >= 11 is 1.58. The van der Waals surface area contributed by atoms with Gasteiger partial charge in [-0.05, 0) is 42.9 Å². The lowest BCUT2D eigenvalue weighted by atomic mass is 9.66. The van der Waals surface area contributed by atoms with Crippen LogP contribution in [0, 0.1) is 17.3 Å². The number of aliphatic hydroxyl groups is 1. The predicted molar refractivity (Wildman–Crippen MR) is 148 cm³/mol. The Morgan fingerprint density at radius 3 is 2.46 bits per heavy atom. The average molecular weight is 525 g/mol. The minimum atomic E-state index is -1.46. The number of nitrogens with one attached hydrogen (secondary N) is 1. The molecule has 0 aromatic heterocycles. The Kier molecular flexibility index (Phi) is 8.98. The van der Waals surface area contributed by atoms with Gasteiger partial charge in [-0.3, -0.25) is 9.59 Å². The molecule has 2 aromatic carbocycles. The summed E-state index contributed by atoms with van der Waals surface area (Å²) in [6.45, 7) is 3.72. The van der Waals surface area contributed by atoms with E-state index < -0.39 is 23.5 Å². The number of para-hydroxylation sites is 1. The first-order valence-corrected chi connectivity index (χ1v) is 14.4. The summed E-state index contributed by atoms with van der Waals surface area (Å²) in [5, 5.41) is 13.9. The van der Waals surface area contributed by atoms with Crippen molar-refractivity contribution in [2.24, 2.45) is 23.0 Å². The highest BCUT2D eigenvalue weighted by molar-refractivity contribution is 7.99. The van der Waals surface area contributed by atoms with Gasteiger partial charge in [0, 0.05) is 23.5 Å². The van der Waals surface area contributed by atoms with Crippen LogP contribution in [-0.4, -0.2) is 36.0 Å². The quantitative estimate of drug-likeness (QED) is 0.265. The van der Waals surface area contributed by atoms with Crippen molar-refractivity contribution < 1.29 is 19.4 Å². The number of carbonyl (C=O) groups is 2. The molecule has 1 aliphatic heterocycles. The maximum Gasteiger partial charge on any atom is 0.234 e. The number of fused-ring (bicyclic) bond motifs is 1. The largest absolute Gasteiger partial charge is 0.473 e. The van der Waals surface area contributed by atoms with Crippen LogP contribution in [0.5, 0.6) is 5.75 Å². The molecule has 1 unspecified atom stereocenters. The van der Waals surface area contributed by atoms with Crippen LogP contribution in [0.3, 0.4) is 0 Å². The molecule has 6 nitrogen and oxygen atoms in total. The second-order valence-electron chi connectivity index (χ2n) is 10.8. The first kappa shape index (κ1) is 27.7. The van der Waals surface area contributed by atoms with Gasteiger partial charge in [-0.15, -0.1) is 0 Å². The van der Waals surface area contributed by atoms with E-state index in [-0.39, 0.29) is 23.6 Å². The van der Waals surface area contributed by atoms with Crippen molar-refractivity contribution in [2.75, 3.05) is 7.05 Å². The maximum atomic E-state index is 14.2. The fourth-order valence-corrected chi connectivity index (χ4v) is 6.85. The summed E-state index contributed by atoms with van der Waals surface area (Å²) < 4.78 is 6.11. The number of Topliss-reactive ketones (excluding diaryl/α,β-unsaturated/α-hetero) is 1. The van der Waals surface area contributed by atoms with Gasteiger partial charge < -0.3 is 20.9 Å². The highest BCUT2D eigenvalue weighted by Gasteiger charge is 2.52. The monoisotopic (exact) mass is 524 g/mol. The Hall–Kier alpha value is -2.35. The average Bonchev–Trinajstić information content (AvgIpc) is 2.90. The van der Waals surface area contributed by atoms with Crippen molar-refractivity contribution in [3.63, 3.8) is 0 Å². The summed E-state index contributed by atoms with van der Waals surface area (Å²) in [7, 11) is 1.54. The molecular formula is C30H40N2O4S. The Morgan fingerprint density at radius 1 is 1.11 bits per heavy atom. The number of hydrogen-bond donors (Lipinski definition) is 3. The number of rotatable bonds is 11. The third-order valence-electron chi connectivity index (χ3n) is 8.13. The van der Waals surface area contributed by atoms with E-state index in [4.69, 9.17) is 10.5 Å². The van der Waals surface area contributed by atoms with Crippen LogP contribution in [0.2, 0.25) is 0 Å². The zero-order valence-corrected chi connectivity index (χ0v) is 22.9. The minimum Gasteiger partial charge on any atom is -0.473 e. The van der Waals surface area contributed by atoms with Crippen LogP contribution in [0.4, 0.5) is 0 Å². The Morgan fingerprint density at radius 2 is 1.81 bits per heavy atom. The van der Waals surface area contributed by atoms with E-state index in [9.17, 15) is 14.7 Å². The molecule has 1 heterocycles. The Labute approximate surface area is 224 Å². The Balaban J connectivity index is 1.58. The smallest absolute Gasteiger partial charge is 0.234 e. The molecule has 1 fully saturated rings. The van der Waals surface area contributed by atoms with Gasteiger partial charge in [-0.25, -0.2) is 0 Å². The molecule has 0 radical (unpaired) electrons. The number of ether oxygens (including phenoxy) is 1. The van der Waals surface area contributed by atoms with Gasteiger partial charge in [0.1, 0.15) is 11.2 Å². The first-order chi connectivity index (χ1) is 17.8. The van der Waals surface area contributed by atoms with Crippen LogP contribution in [-0.2, 0) is 4.79 Å². The molecule has 2 aromatic rings. The number of benzene rings is 2. The number of ketones is 1. The van der Waals surface area contributed by atoms with E-state index in [0.29, 0.717) is 23.7 Å². The van der Waals surface area contributed by atoms with E-state index in [1.54, 1.807) is 17.8 Å². The lowest BCUT2D eigenvalue weighted by Gasteiger charge is -2.39. The summed E-state index contributed by atoms with van der Waals surface area (Å²) in [5.74, 6) is -0.0732. The summed E-state index contributed by atoms with van der Waals surface area (Å²) in [6.07, 6.45) is 5.61. The summed E-state index contributed by atoms with van der Waals surface area (Å²) in [5.41, 5.74) is 6.11. The third-order valence-corrected chi connectivity index (χ3v) is 9.24. The molecule has 200 valence electrons. The number of aliphatic hydroxyl groups excluding tert-OH is 1. The van der Waals surface area contributed by atoms with Crippen molar-refractivity contribution in [1.82, 2.24) is 5.32 Å². The van der Waals surface area contributed by atoms with Gasteiger partial charge >= 0.3 is 0 Å². The second-order valence-corrected chi connectivity index (χ2v) is 11.9. The zero-order valence-electron chi connectivity index (χ0n) is 22.1. The fourth-order valence-electron chi connectivity index (χ4n) is 5.83. The highest BCUT2D eigenvalue weighted by atomic mass is 32.2. The second kappa shape index (κ2) is 12.0. The van der Waals surface area contributed by atoms with Crippen molar-refractivity contribution in [1.29, 1.82) is 0 Å². The standard InChI is InChI=1S/C30H40N2O4S/c1-19(2)30(29(35)32-3,18-25(33)24(31)17-20-11-6-4-7-12-20)27(34)22-15-10-16-23-26(22)36-28(23)37-21-13-8-5-9-14-21/h5,8-10,13-16,19-20,24-25,28,33H,4,6-7,11-12,17-18,31H2,1-3H3,(H,32,35)/t24-,25-,28?,30-/m0/s1. The lowest BCUT2D eigenvalue weighted by molar-refractivity contribution is -0.132. The molecule has 4 rings (SSSR count). The molecule has 4 N–H and O–H groups in total. The molecule has 0 spiro atoms. The fraction of sp³-hybridized carbons (Fsp3) is 0.533. The van der Waals surface area contributed by atoms with E-state index in [1.165, 1.54) is 26.3 Å². The van der Waals surface area contributed by atoms with Gasteiger partial charge in [0.15, 0.2) is 11.2 Å². The molecule has 37 heavy (non-hydrogen) atoms. The molecule has 0 bridgehead atoms. The van der Waals surface area contributed by atoms with Crippen LogP contribution >= 0.6 is 11.8 Å². The van der Waals surface area contributed by atoms with Crippen molar-refractivity contribution >= 4 is 23.5 Å². The summed E-state index contributed by atoms with van der Waals surface area (Å²) in [4.78, 5) is 28.7. The number of nitrogens with two attached hydrogens (primary N) is 1. The van der Waals surface area contributed by atoms with Gasteiger partial charge in [-0.1, -0.05) is 88.0 Å². The molecule has 2 aliphatic rings. The molecular weight excluding hydrogens is 484 g/mol. The molecule has 1 aliphatic carbocycles. The van der Waals surface area contributed by atoms with E-state index in [0.717, 1.165) is 23.3 Å². The van der Waals surface area contributed by atoms with Gasteiger partial charge in [0.2, 0.25) is 5.91 Å². The van der Waals surface area contributed by atoms with Crippen LogP contribution in [0.15, 0.2) is 53.4 Å². The lowest BCUT2D eigenvalue weighted by Crippen LogP contribution is -2.53.